The molecule has 1 rings (SSSR count). The number of ether oxygens (including phenoxy) is 1. The Morgan fingerprint density at radius 2 is 2.10 bits per heavy atom. The maximum atomic E-state index is 11.9. The summed E-state index contributed by atoms with van der Waals surface area (Å²) >= 11 is 0. The molecule has 5 nitrogen and oxygen atoms in total. The minimum atomic E-state index is -0.0813. The van der Waals surface area contributed by atoms with Crippen molar-refractivity contribution in [3.63, 3.8) is 0 Å². The van der Waals surface area contributed by atoms with E-state index in [9.17, 15) is 4.79 Å². The SMILES string of the molecule is CCN(CC(=O)Nc1ccc(OC)cc1)CC(C)C#N. The largest absolute Gasteiger partial charge is 0.497 e. The number of nitriles is 1. The van der Waals surface area contributed by atoms with Crippen molar-refractivity contribution in [2.45, 2.75) is 13.8 Å². The molecule has 1 aromatic carbocycles. The number of nitrogens with zero attached hydrogens (tertiary/aromatic N) is 2. The Morgan fingerprint density at radius 3 is 2.60 bits per heavy atom. The van der Waals surface area contributed by atoms with Crippen LogP contribution in [0.3, 0.4) is 0 Å². The third-order valence-electron chi connectivity index (χ3n) is 2.94. The van der Waals surface area contributed by atoms with E-state index in [0.717, 1.165) is 18.0 Å². The summed E-state index contributed by atoms with van der Waals surface area (Å²) in [5, 5.41) is 11.6. The number of rotatable bonds is 7. The summed E-state index contributed by atoms with van der Waals surface area (Å²) in [6.45, 7) is 5.45. The molecule has 0 saturated heterocycles. The monoisotopic (exact) mass is 275 g/mol. The molecule has 1 N–H and O–H groups in total. The van der Waals surface area contributed by atoms with Gasteiger partial charge in [-0.1, -0.05) is 6.92 Å². The maximum Gasteiger partial charge on any atom is 0.238 e. The van der Waals surface area contributed by atoms with Crippen LogP contribution in [0.25, 0.3) is 0 Å². The fraction of sp³-hybridized carbons (Fsp3) is 0.467. The first kappa shape index (κ1) is 16.0. The van der Waals surface area contributed by atoms with Gasteiger partial charge in [0, 0.05) is 12.2 Å². The Hall–Kier alpha value is -2.06. The first-order valence-electron chi connectivity index (χ1n) is 6.65. The van der Waals surface area contributed by atoms with Crippen molar-refractivity contribution >= 4 is 11.6 Å². The molecule has 0 heterocycles. The molecular formula is C15H21N3O2. The van der Waals surface area contributed by atoms with Crippen LogP contribution in [0, 0.1) is 17.2 Å². The second-order valence-electron chi connectivity index (χ2n) is 4.63. The Morgan fingerprint density at radius 1 is 1.45 bits per heavy atom. The van der Waals surface area contributed by atoms with E-state index in [4.69, 9.17) is 10.00 Å². The molecule has 0 aromatic heterocycles. The van der Waals surface area contributed by atoms with E-state index >= 15 is 0 Å². The van der Waals surface area contributed by atoms with E-state index < -0.39 is 0 Å². The smallest absolute Gasteiger partial charge is 0.238 e. The lowest BCUT2D eigenvalue weighted by Crippen LogP contribution is -2.35. The van der Waals surface area contributed by atoms with Crippen LogP contribution >= 0.6 is 0 Å². The summed E-state index contributed by atoms with van der Waals surface area (Å²) in [4.78, 5) is 13.9. The Kier molecular flexibility index (Phi) is 6.54. The highest BCUT2D eigenvalue weighted by molar-refractivity contribution is 5.92. The zero-order valence-corrected chi connectivity index (χ0v) is 12.2. The summed E-state index contributed by atoms with van der Waals surface area (Å²) < 4.78 is 5.06. The Bertz CT molecular complexity index is 465. The van der Waals surface area contributed by atoms with Crippen molar-refractivity contribution in [3.8, 4) is 11.8 Å². The molecule has 0 aliphatic carbocycles. The van der Waals surface area contributed by atoms with Crippen molar-refractivity contribution < 1.29 is 9.53 Å². The summed E-state index contributed by atoms with van der Waals surface area (Å²) in [6.07, 6.45) is 0. The van der Waals surface area contributed by atoms with Gasteiger partial charge >= 0.3 is 0 Å². The first-order chi connectivity index (χ1) is 9.58. The highest BCUT2D eigenvalue weighted by Gasteiger charge is 2.12. The fourth-order valence-electron chi connectivity index (χ4n) is 1.81. The van der Waals surface area contributed by atoms with Crippen molar-refractivity contribution in [2.75, 3.05) is 32.1 Å². The molecular weight excluding hydrogens is 254 g/mol. The lowest BCUT2D eigenvalue weighted by molar-refractivity contribution is -0.117. The van der Waals surface area contributed by atoms with Gasteiger partial charge in [-0.15, -0.1) is 0 Å². The van der Waals surface area contributed by atoms with E-state index in [2.05, 4.69) is 11.4 Å². The Balaban J connectivity index is 2.50. The molecule has 0 radical (unpaired) electrons. The van der Waals surface area contributed by atoms with Gasteiger partial charge in [0.2, 0.25) is 5.91 Å². The predicted molar refractivity (Wildman–Crippen MR) is 78.5 cm³/mol. The standard InChI is InChI=1S/C15H21N3O2/c1-4-18(10-12(2)9-16)11-15(19)17-13-5-7-14(20-3)8-6-13/h5-8,12H,4,10-11H2,1-3H3,(H,17,19). The van der Waals surface area contributed by atoms with Gasteiger partial charge < -0.3 is 10.1 Å². The molecule has 0 aliphatic rings. The van der Waals surface area contributed by atoms with E-state index in [-0.39, 0.29) is 18.4 Å². The number of likely N-dealkylation sites (N-methyl/N-ethyl adjacent to an activating group) is 1. The Labute approximate surface area is 120 Å². The van der Waals surface area contributed by atoms with Crippen LogP contribution in [-0.2, 0) is 4.79 Å². The lowest BCUT2D eigenvalue weighted by Gasteiger charge is -2.20. The van der Waals surface area contributed by atoms with E-state index in [1.165, 1.54) is 0 Å². The molecule has 20 heavy (non-hydrogen) atoms. The average Bonchev–Trinajstić information content (AvgIpc) is 2.47. The maximum absolute atomic E-state index is 11.9. The number of anilines is 1. The number of hydrogen-bond acceptors (Lipinski definition) is 4. The zero-order valence-electron chi connectivity index (χ0n) is 12.2. The number of carbonyl (C=O) groups excluding carboxylic acids is 1. The van der Waals surface area contributed by atoms with Crippen LogP contribution in [0.4, 0.5) is 5.69 Å². The van der Waals surface area contributed by atoms with Crippen LogP contribution < -0.4 is 10.1 Å². The van der Waals surface area contributed by atoms with Gasteiger partial charge in [-0.25, -0.2) is 0 Å². The van der Waals surface area contributed by atoms with Crippen molar-refractivity contribution in [3.05, 3.63) is 24.3 Å². The topological polar surface area (TPSA) is 65.4 Å². The van der Waals surface area contributed by atoms with Gasteiger partial charge in [0.05, 0.1) is 25.6 Å². The summed E-state index contributed by atoms with van der Waals surface area (Å²) in [5.74, 6) is 0.590. The van der Waals surface area contributed by atoms with E-state index in [1.54, 1.807) is 31.4 Å². The van der Waals surface area contributed by atoms with E-state index in [0.29, 0.717) is 6.54 Å². The second-order valence-corrected chi connectivity index (χ2v) is 4.63. The van der Waals surface area contributed by atoms with Crippen LogP contribution in [0.15, 0.2) is 24.3 Å². The normalized spacial score (nSPS) is 11.8. The molecule has 0 spiro atoms. The molecule has 0 bridgehead atoms. The van der Waals surface area contributed by atoms with E-state index in [1.807, 2.05) is 18.7 Å². The molecule has 1 amide bonds. The van der Waals surface area contributed by atoms with Gasteiger partial charge in [0.25, 0.3) is 0 Å². The van der Waals surface area contributed by atoms with Gasteiger partial charge in [-0.05, 0) is 37.7 Å². The number of nitrogens with one attached hydrogen (secondary N) is 1. The van der Waals surface area contributed by atoms with Gasteiger partial charge in [-0.2, -0.15) is 5.26 Å². The van der Waals surface area contributed by atoms with Crippen LogP contribution in [0.2, 0.25) is 0 Å². The molecule has 1 aromatic rings. The molecule has 5 heteroatoms. The van der Waals surface area contributed by atoms with Crippen molar-refractivity contribution in [1.29, 1.82) is 5.26 Å². The minimum Gasteiger partial charge on any atom is -0.497 e. The second kappa shape index (κ2) is 8.18. The van der Waals surface area contributed by atoms with Gasteiger partial charge in [-0.3, -0.25) is 9.69 Å². The highest BCUT2D eigenvalue weighted by Crippen LogP contribution is 2.14. The van der Waals surface area contributed by atoms with Crippen LogP contribution in [-0.4, -0.2) is 37.6 Å². The van der Waals surface area contributed by atoms with Crippen LogP contribution in [0.5, 0.6) is 5.75 Å². The number of amides is 1. The number of carbonyl (C=O) groups is 1. The average molecular weight is 275 g/mol. The number of hydrogen-bond donors (Lipinski definition) is 1. The lowest BCUT2D eigenvalue weighted by atomic mass is 10.2. The molecule has 0 aliphatic heterocycles. The highest BCUT2D eigenvalue weighted by atomic mass is 16.5. The molecule has 0 saturated carbocycles. The molecule has 1 atom stereocenters. The minimum absolute atomic E-state index is 0.0799. The molecule has 0 fully saturated rings. The summed E-state index contributed by atoms with van der Waals surface area (Å²) in [6, 6.07) is 9.36. The van der Waals surface area contributed by atoms with Gasteiger partial charge in [0.15, 0.2) is 0 Å². The van der Waals surface area contributed by atoms with Crippen molar-refractivity contribution in [2.24, 2.45) is 5.92 Å². The summed E-state index contributed by atoms with van der Waals surface area (Å²) in [5.41, 5.74) is 0.736. The molecule has 108 valence electrons. The zero-order chi connectivity index (χ0) is 15.0. The molecule has 1 unspecified atom stereocenters. The summed E-state index contributed by atoms with van der Waals surface area (Å²) in [7, 11) is 1.60. The third-order valence-corrected chi connectivity index (χ3v) is 2.94. The number of methoxy groups -OCH3 is 1. The van der Waals surface area contributed by atoms with Gasteiger partial charge in [0.1, 0.15) is 5.75 Å². The van der Waals surface area contributed by atoms with Crippen LogP contribution in [0.1, 0.15) is 13.8 Å². The number of benzene rings is 1. The third kappa shape index (κ3) is 5.29. The first-order valence-corrected chi connectivity index (χ1v) is 6.65. The fourth-order valence-corrected chi connectivity index (χ4v) is 1.81. The predicted octanol–water partition coefficient (Wildman–Crippen LogP) is 2.12. The van der Waals surface area contributed by atoms with Crippen molar-refractivity contribution in [1.82, 2.24) is 4.90 Å². The quantitative estimate of drug-likeness (QED) is 0.827.